The standard InChI is InChI=1S/C24H31N3O2.ClH/c25-15-17-27(16-14-19-6-2-1-3-7-19)24(29)22-12-10-20(11-13-22)18-26-23(28)21-8-4-5-9-21;/h1-3,6-7,10-13,21H,4-5,8-9,14-18,25H2,(H,26,28);1H. The minimum Gasteiger partial charge on any atom is -0.352 e. The van der Waals surface area contributed by atoms with Gasteiger partial charge in [0.15, 0.2) is 0 Å². The number of rotatable bonds is 9. The lowest BCUT2D eigenvalue weighted by Crippen LogP contribution is -2.37. The molecule has 0 bridgehead atoms. The molecule has 0 atom stereocenters. The molecule has 0 radical (unpaired) electrons. The zero-order chi connectivity index (χ0) is 20.5. The monoisotopic (exact) mass is 429 g/mol. The number of hydrogen-bond acceptors (Lipinski definition) is 3. The number of hydrogen-bond donors (Lipinski definition) is 2. The first-order chi connectivity index (χ1) is 14.2. The lowest BCUT2D eigenvalue weighted by molar-refractivity contribution is -0.124. The third kappa shape index (κ3) is 6.85. The Balaban J connectivity index is 0.00000320. The molecule has 1 aliphatic rings. The fourth-order valence-electron chi connectivity index (χ4n) is 3.85. The van der Waals surface area contributed by atoms with Crippen molar-refractivity contribution in [2.45, 2.75) is 38.6 Å². The van der Waals surface area contributed by atoms with Gasteiger partial charge in [-0.05, 0) is 42.5 Å². The molecule has 30 heavy (non-hydrogen) atoms. The quantitative estimate of drug-likeness (QED) is 0.639. The fourth-order valence-corrected chi connectivity index (χ4v) is 3.85. The second-order valence-corrected chi connectivity index (χ2v) is 7.71. The van der Waals surface area contributed by atoms with Gasteiger partial charge in [-0.2, -0.15) is 0 Å². The van der Waals surface area contributed by atoms with Gasteiger partial charge >= 0.3 is 0 Å². The lowest BCUT2D eigenvalue weighted by atomic mass is 10.1. The average molecular weight is 430 g/mol. The van der Waals surface area contributed by atoms with Crippen molar-refractivity contribution in [1.82, 2.24) is 10.2 Å². The first-order valence-electron chi connectivity index (χ1n) is 10.6. The summed E-state index contributed by atoms with van der Waals surface area (Å²) in [6.07, 6.45) is 5.10. The number of nitrogens with zero attached hydrogens (tertiary/aromatic N) is 1. The Morgan fingerprint density at radius 3 is 2.23 bits per heavy atom. The zero-order valence-corrected chi connectivity index (χ0v) is 18.2. The van der Waals surface area contributed by atoms with Crippen molar-refractivity contribution >= 4 is 24.2 Å². The second kappa shape index (κ2) is 12.4. The molecule has 0 saturated heterocycles. The van der Waals surface area contributed by atoms with Gasteiger partial charge in [0, 0.05) is 37.7 Å². The van der Waals surface area contributed by atoms with Gasteiger partial charge in [-0.15, -0.1) is 12.4 Å². The normalized spacial score (nSPS) is 13.5. The number of nitrogens with two attached hydrogens (primary N) is 1. The first-order valence-corrected chi connectivity index (χ1v) is 10.6. The Morgan fingerprint density at radius 2 is 1.60 bits per heavy atom. The molecule has 0 spiro atoms. The van der Waals surface area contributed by atoms with Crippen LogP contribution in [0.15, 0.2) is 54.6 Å². The van der Waals surface area contributed by atoms with Crippen LogP contribution in [0.25, 0.3) is 0 Å². The van der Waals surface area contributed by atoms with E-state index in [2.05, 4.69) is 17.4 Å². The molecule has 5 nitrogen and oxygen atoms in total. The highest BCUT2D eigenvalue weighted by atomic mass is 35.5. The van der Waals surface area contributed by atoms with Gasteiger partial charge in [-0.3, -0.25) is 9.59 Å². The van der Waals surface area contributed by atoms with Crippen LogP contribution in [0.3, 0.4) is 0 Å². The molecular formula is C24H32ClN3O2. The van der Waals surface area contributed by atoms with E-state index in [9.17, 15) is 9.59 Å². The summed E-state index contributed by atoms with van der Waals surface area (Å²) in [5, 5.41) is 3.02. The zero-order valence-electron chi connectivity index (χ0n) is 17.4. The van der Waals surface area contributed by atoms with Gasteiger partial charge in [-0.25, -0.2) is 0 Å². The Bertz CT molecular complexity index is 790. The van der Waals surface area contributed by atoms with Crippen LogP contribution in [0.1, 0.15) is 47.2 Å². The molecule has 1 aliphatic carbocycles. The van der Waals surface area contributed by atoms with E-state index < -0.39 is 0 Å². The van der Waals surface area contributed by atoms with Crippen LogP contribution >= 0.6 is 12.4 Å². The average Bonchev–Trinajstić information content (AvgIpc) is 3.31. The van der Waals surface area contributed by atoms with Gasteiger partial charge in [0.25, 0.3) is 5.91 Å². The Labute approximate surface area is 185 Å². The molecule has 0 aromatic heterocycles. The van der Waals surface area contributed by atoms with E-state index in [0.29, 0.717) is 31.7 Å². The van der Waals surface area contributed by atoms with Crippen LogP contribution in [0.2, 0.25) is 0 Å². The van der Waals surface area contributed by atoms with E-state index >= 15 is 0 Å². The van der Waals surface area contributed by atoms with Crippen LogP contribution in [0.4, 0.5) is 0 Å². The summed E-state index contributed by atoms with van der Waals surface area (Å²) in [5.41, 5.74) is 8.58. The third-order valence-corrected chi connectivity index (χ3v) is 5.59. The predicted octanol–water partition coefficient (Wildman–Crippen LogP) is 3.56. The van der Waals surface area contributed by atoms with E-state index in [1.807, 2.05) is 47.4 Å². The van der Waals surface area contributed by atoms with E-state index in [1.165, 1.54) is 5.56 Å². The highest BCUT2D eigenvalue weighted by Crippen LogP contribution is 2.24. The largest absolute Gasteiger partial charge is 0.352 e. The maximum Gasteiger partial charge on any atom is 0.253 e. The SMILES string of the molecule is Cl.NCCN(CCc1ccccc1)C(=O)c1ccc(CNC(=O)C2CCCC2)cc1. The molecule has 1 saturated carbocycles. The summed E-state index contributed by atoms with van der Waals surface area (Å²) < 4.78 is 0. The fraction of sp³-hybridized carbons (Fsp3) is 0.417. The molecule has 3 rings (SSSR count). The minimum absolute atomic E-state index is 0. The molecule has 1 fully saturated rings. The van der Waals surface area contributed by atoms with Crippen molar-refractivity contribution in [2.75, 3.05) is 19.6 Å². The lowest BCUT2D eigenvalue weighted by Gasteiger charge is -2.22. The molecule has 2 amide bonds. The van der Waals surface area contributed by atoms with E-state index in [4.69, 9.17) is 5.73 Å². The van der Waals surface area contributed by atoms with Crippen LogP contribution in [0.5, 0.6) is 0 Å². The molecule has 0 heterocycles. The van der Waals surface area contributed by atoms with Crippen LogP contribution < -0.4 is 11.1 Å². The molecule has 0 aliphatic heterocycles. The molecule has 2 aromatic rings. The molecule has 0 unspecified atom stereocenters. The van der Waals surface area contributed by atoms with Crippen LogP contribution in [0, 0.1) is 5.92 Å². The number of nitrogens with one attached hydrogen (secondary N) is 1. The highest BCUT2D eigenvalue weighted by molar-refractivity contribution is 5.94. The summed E-state index contributed by atoms with van der Waals surface area (Å²) >= 11 is 0. The summed E-state index contributed by atoms with van der Waals surface area (Å²) in [4.78, 5) is 26.9. The second-order valence-electron chi connectivity index (χ2n) is 7.71. The summed E-state index contributed by atoms with van der Waals surface area (Å²) in [6, 6.07) is 17.7. The summed E-state index contributed by atoms with van der Waals surface area (Å²) in [7, 11) is 0. The Kier molecular flexibility index (Phi) is 9.84. The van der Waals surface area contributed by atoms with Gasteiger partial charge < -0.3 is 16.0 Å². The molecule has 3 N–H and O–H groups in total. The van der Waals surface area contributed by atoms with Crippen molar-refractivity contribution in [1.29, 1.82) is 0 Å². The molecular weight excluding hydrogens is 398 g/mol. The van der Waals surface area contributed by atoms with Gasteiger partial charge in [-0.1, -0.05) is 55.3 Å². The maximum absolute atomic E-state index is 12.9. The summed E-state index contributed by atoms with van der Waals surface area (Å²) in [6.45, 7) is 2.11. The van der Waals surface area contributed by atoms with Gasteiger partial charge in [0.05, 0.1) is 0 Å². The van der Waals surface area contributed by atoms with Crippen molar-refractivity contribution in [3.63, 3.8) is 0 Å². The van der Waals surface area contributed by atoms with Crippen molar-refractivity contribution in [3.05, 3.63) is 71.3 Å². The van der Waals surface area contributed by atoms with Gasteiger partial charge in [0.1, 0.15) is 0 Å². The van der Waals surface area contributed by atoms with Crippen LogP contribution in [-0.4, -0.2) is 36.3 Å². The summed E-state index contributed by atoms with van der Waals surface area (Å²) in [5.74, 6) is 0.316. The van der Waals surface area contributed by atoms with E-state index in [-0.39, 0.29) is 30.1 Å². The van der Waals surface area contributed by atoms with E-state index in [1.54, 1.807) is 0 Å². The number of halogens is 1. The van der Waals surface area contributed by atoms with Crippen LogP contribution in [-0.2, 0) is 17.8 Å². The first kappa shape index (κ1) is 23.9. The smallest absolute Gasteiger partial charge is 0.253 e. The third-order valence-electron chi connectivity index (χ3n) is 5.59. The van der Waals surface area contributed by atoms with E-state index in [0.717, 1.165) is 37.7 Å². The Morgan fingerprint density at radius 1 is 0.933 bits per heavy atom. The van der Waals surface area contributed by atoms with Crippen molar-refractivity contribution in [3.8, 4) is 0 Å². The number of carbonyl (C=O) groups is 2. The maximum atomic E-state index is 12.9. The number of carbonyl (C=O) groups excluding carboxylic acids is 2. The minimum atomic E-state index is -0.00655. The Hall–Kier alpha value is -2.37. The van der Waals surface area contributed by atoms with Crippen molar-refractivity contribution in [2.24, 2.45) is 11.7 Å². The van der Waals surface area contributed by atoms with Crippen molar-refractivity contribution < 1.29 is 9.59 Å². The topological polar surface area (TPSA) is 75.4 Å². The number of benzene rings is 2. The molecule has 2 aromatic carbocycles. The number of amides is 2. The molecule has 6 heteroatoms. The highest BCUT2D eigenvalue weighted by Gasteiger charge is 2.22. The predicted molar refractivity (Wildman–Crippen MR) is 123 cm³/mol. The van der Waals surface area contributed by atoms with Gasteiger partial charge in [0.2, 0.25) is 5.91 Å². The molecule has 162 valence electrons.